The summed E-state index contributed by atoms with van der Waals surface area (Å²) in [6.45, 7) is 0. The molecule has 6 heteroatoms. The van der Waals surface area contributed by atoms with E-state index in [0.29, 0.717) is 9.26 Å². The van der Waals surface area contributed by atoms with Gasteiger partial charge in [0.05, 0.1) is 14.2 Å². The number of rotatable bonds is 2. The first kappa shape index (κ1) is 9.82. The number of hydrogen-bond acceptors (Lipinski definition) is 4. The molecule has 0 aromatic heterocycles. The zero-order valence-electron chi connectivity index (χ0n) is 6.23. The summed E-state index contributed by atoms with van der Waals surface area (Å²) >= 11 is 1.81. The van der Waals surface area contributed by atoms with Crippen molar-refractivity contribution >= 4 is 40.0 Å². The van der Waals surface area contributed by atoms with Gasteiger partial charge in [-0.3, -0.25) is 10.1 Å². The zero-order chi connectivity index (χ0) is 9.84. The van der Waals surface area contributed by atoms with Crippen LogP contribution in [0, 0.1) is 13.7 Å². The van der Waals surface area contributed by atoms with Gasteiger partial charge in [0.2, 0.25) is 6.08 Å². The molecular formula is C7H3IN2O3. The smallest absolute Gasteiger partial charge is 0.258 e. The van der Waals surface area contributed by atoms with Crippen LogP contribution in [0.15, 0.2) is 23.2 Å². The van der Waals surface area contributed by atoms with Crippen molar-refractivity contribution in [2.75, 3.05) is 0 Å². The van der Waals surface area contributed by atoms with E-state index in [1.165, 1.54) is 24.3 Å². The van der Waals surface area contributed by atoms with Crippen molar-refractivity contribution in [3.63, 3.8) is 0 Å². The van der Waals surface area contributed by atoms with Gasteiger partial charge in [0.1, 0.15) is 0 Å². The van der Waals surface area contributed by atoms with Crippen LogP contribution in [0.5, 0.6) is 0 Å². The van der Waals surface area contributed by atoms with Crippen molar-refractivity contribution in [3.05, 3.63) is 31.9 Å². The molecule has 0 spiro atoms. The summed E-state index contributed by atoms with van der Waals surface area (Å²) in [5.74, 6) is 0. The largest absolute Gasteiger partial charge is 0.282 e. The van der Waals surface area contributed by atoms with Gasteiger partial charge in [0.15, 0.2) is 0 Å². The SMILES string of the molecule is O=C=Nc1ccc([N+](=O)[O-])c(I)c1. The molecule has 66 valence electrons. The Morgan fingerprint density at radius 2 is 2.23 bits per heavy atom. The minimum atomic E-state index is -0.490. The first-order chi connectivity index (χ1) is 6.15. The Labute approximate surface area is 86.8 Å². The molecule has 0 radical (unpaired) electrons. The van der Waals surface area contributed by atoms with Crippen molar-refractivity contribution < 1.29 is 9.72 Å². The second-order valence-corrected chi connectivity index (χ2v) is 3.26. The molecule has 0 aliphatic heterocycles. The van der Waals surface area contributed by atoms with E-state index in [-0.39, 0.29) is 5.69 Å². The van der Waals surface area contributed by atoms with E-state index in [9.17, 15) is 14.9 Å². The van der Waals surface area contributed by atoms with Crippen LogP contribution in [0.2, 0.25) is 0 Å². The second-order valence-electron chi connectivity index (χ2n) is 2.10. The van der Waals surface area contributed by atoms with Gasteiger partial charge in [0.25, 0.3) is 5.69 Å². The van der Waals surface area contributed by atoms with Crippen molar-refractivity contribution in [1.82, 2.24) is 0 Å². The van der Waals surface area contributed by atoms with E-state index < -0.39 is 4.92 Å². The first-order valence-corrected chi connectivity index (χ1v) is 4.25. The highest BCUT2D eigenvalue weighted by molar-refractivity contribution is 14.1. The number of benzene rings is 1. The quantitative estimate of drug-likeness (QED) is 0.275. The number of hydrogen-bond donors (Lipinski definition) is 0. The molecule has 0 atom stereocenters. The first-order valence-electron chi connectivity index (χ1n) is 3.17. The Balaban J connectivity index is 3.19. The Hall–Kier alpha value is -1.27. The molecule has 0 saturated carbocycles. The molecule has 1 aromatic carbocycles. The molecule has 0 aliphatic rings. The highest BCUT2D eigenvalue weighted by Crippen LogP contribution is 2.25. The summed E-state index contributed by atoms with van der Waals surface area (Å²) in [7, 11) is 0. The van der Waals surface area contributed by atoms with E-state index in [4.69, 9.17) is 0 Å². The van der Waals surface area contributed by atoms with Gasteiger partial charge in [-0.2, -0.15) is 4.99 Å². The number of isocyanates is 1. The number of nitro benzene ring substituents is 1. The van der Waals surface area contributed by atoms with Crippen molar-refractivity contribution in [2.45, 2.75) is 0 Å². The van der Waals surface area contributed by atoms with E-state index in [1.54, 1.807) is 0 Å². The molecule has 0 bridgehead atoms. The van der Waals surface area contributed by atoms with E-state index in [1.807, 2.05) is 22.6 Å². The van der Waals surface area contributed by atoms with Crippen LogP contribution in [0.3, 0.4) is 0 Å². The molecule has 0 fully saturated rings. The molecule has 1 aromatic rings. The van der Waals surface area contributed by atoms with Gasteiger partial charge >= 0.3 is 0 Å². The fraction of sp³-hybridized carbons (Fsp3) is 0. The van der Waals surface area contributed by atoms with Crippen molar-refractivity contribution in [1.29, 1.82) is 0 Å². The third-order valence-corrected chi connectivity index (χ3v) is 2.17. The molecular weight excluding hydrogens is 287 g/mol. The predicted molar refractivity (Wildman–Crippen MR) is 53.6 cm³/mol. The van der Waals surface area contributed by atoms with Crippen LogP contribution in [-0.2, 0) is 4.79 Å². The molecule has 5 nitrogen and oxygen atoms in total. The molecule has 0 saturated heterocycles. The summed E-state index contributed by atoms with van der Waals surface area (Å²) < 4.78 is 0.444. The van der Waals surface area contributed by atoms with Crippen molar-refractivity contribution in [2.24, 2.45) is 4.99 Å². The van der Waals surface area contributed by atoms with Gasteiger partial charge in [-0.1, -0.05) is 0 Å². The van der Waals surface area contributed by atoms with Crippen LogP contribution < -0.4 is 0 Å². The molecule has 0 amide bonds. The summed E-state index contributed by atoms with van der Waals surface area (Å²) in [4.78, 5) is 23.1. The lowest BCUT2D eigenvalue weighted by molar-refractivity contribution is -0.385. The van der Waals surface area contributed by atoms with E-state index in [0.717, 1.165) is 0 Å². The Bertz CT molecular complexity index is 399. The van der Waals surface area contributed by atoms with Crippen LogP contribution in [-0.4, -0.2) is 11.0 Å². The van der Waals surface area contributed by atoms with Gasteiger partial charge in [-0.25, -0.2) is 4.79 Å². The Morgan fingerprint density at radius 1 is 1.54 bits per heavy atom. The molecule has 0 aliphatic carbocycles. The van der Waals surface area contributed by atoms with Gasteiger partial charge in [-0.15, -0.1) is 0 Å². The predicted octanol–water partition coefficient (Wildman–Crippen LogP) is 2.17. The number of halogens is 1. The molecule has 0 N–H and O–H groups in total. The fourth-order valence-electron chi connectivity index (χ4n) is 0.766. The maximum atomic E-state index is 10.4. The van der Waals surface area contributed by atoms with Crippen LogP contribution in [0.4, 0.5) is 11.4 Å². The summed E-state index contributed by atoms with van der Waals surface area (Å²) in [6.07, 6.45) is 1.36. The van der Waals surface area contributed by atoms with Crippen LogP contribution >= 0.6 is 22.6 Å². The third kappa shape index (κ3) is 2.33. The number of carbonyl (C=O) groups excluding carboxylic acids is 1. The third-order valence-electron chi connectivity index (χ3n) is 1.30. The zero-order valence-corrected chi connectivity index (χ0v) is 8.39. The minimum Gasteiger partial charge on any atom is -0.258 e. The van der Waals surface area contributed by atoms with Gasteiger partial charge < -0.3 is 0 Å². The molecule has 0 heterocycles. The summed E-state index contributed by atoms with van der Waals surface area (Å²) in [6, 6.07) is 4.15. The maximum Gasteiger partial charge on any atom is 0.282 e. The van der Waals surface area contributed by atoms with Crippen LogP contribution in [0.25, 0.3) is 0 Å². The number of nitro groups is 1. The van der Waals surface area contributed by atoms with Crippen LogP contribution in [0.1, 0.15) is 0 Å². The van der Waals surface area contributed by atoms with Gasteiger partial charge in [-0.05, 0) is 34.7 Å². The monoisotopic (exact) mass is 290 g/mol. The molecule has 0 unspecified atom stereocenters. The van der Waals surface area contributed by atoms with E-state index in [2.05, 4.69) is 4.99 Å². The lowest BCUT2D eigenvalue weighted by Crippen LogP contribution is -1.90. The topological polar surface area (TPSA) is 72.6 Å². The average molecular weight is 290 g/mol. The van der Waals surface area contributed by atoms with E-state index >= 15 is 0 Å². The fourth-order valence-corrected chi connectivity index (χ4v) is 1.46. The maximum absolute atomic E-state index is 10.4. The molecule has 1 rings (SSSR count). The number of aliphatic imine (C=N–C) groups is 1. The second kappa shape index (κ2) is 4.11. The molecule has 13 heavy (non-hydrogen) atoms. The standard InChI is InChI=1S/C7H3IN2O3/c8-6-3-5(9-4-11)1-2-7(6)10(12)13/h1-3H. The van der Waals surface area contributed by atoms with Crippen molar-refractivity contribution in [3.8, 4) is 0 Å². The average Bonchev–Trinajstić information content (AvgIpc) is 2.04. The number of nitrogens with zero attached hydrogens (tertiary/aromatic N) is 2. The summed E-state index contributed by atoms with van der Waals surface area (Å²) in [5.41, 5.74) is 0.371. The highest BCUT2D eigenvalue weighted by Gasteiger charge is 2.10. The lowest BCUT2D eigenvalue weighted by Gasteiger charge is -1.94. The minimum absolute atomic E-state index is 0.00505. The normalized spacial score (nSPS) is 9.00. The highest BCUT2D eigenvalue weighted by atomic mass is 127. The van der Waals surface area contributed by atoms with Gasteiger partial charge in [0, 0.05) is 6.07 Å². The Kier molecular flexibility index (Phi) is 3.10. The summed E-state index contributed by atoms with van der Waals surface area (Å²) in [5, 5.41) is 10.4. The Morgan fingerprint density at radius 3 is 2.69 bits per heavy atom. The lowest BCUT2D eigenvalue weighted by atomic mass is 10.3.